The number of hydrogen-bond acceptors (Lipinski definition) is 0. The molecule has 0 radical (unpaired) electrons. The van der Waals surface area contributed by atoms with Gasteiger partial charge in [0.1, 0.15) is 0 Å². The maximum atomic E-state index is 2.34. The highest BCUT2D eigenvalue weighted by Gasteiger charge is 2.17. The van der Waals surface area contributed by atoms with E-state index in [9.17, 15) is 0 Å². The summed E-state index contributed by atoms with van der Waals surface area (Å²) in [6, 6.07) is 26.7. The molecule has 26 heavy (non-hydrogen) atoms. The van der Waals surface area contributed by atoms with Crippen molar-refractivity contribution in [1.82, 2.24) is 0 Å². The van der Waals surface area contributed by atoms with Crippen LogP contribution in [-0.2, 0) is 10.8 Å². The molecule has 0 fully saturated rings. The lowest BCUT2D eigenvalue weighted by Crippen LogP contribution is -2.11. The minimum Gasteiger partial charge on any atom is -0.0616 e. The van der Waals surface area contributed by atoms with Gasteiger partial charge in [-0.3, -0.25) is 0 Å². The second-order valence-electron chi connectivity index (χ2n) is 9.21. The predicted octanol–water partition coefficient (Wildman–Crippen LogP) is 7.62. The first-order chi connectivity index (χ1) is 12.2. The third kappa shape index (κ3) is 3.90. The van der Waals surface area contributed by atoms with Crippen molar-refractivity contribution in [2.45, 2.75) is 52.4 Å². The number of rotatable bonds is 2. The van der Waals surface area contributed by atoms with Gasteiger partial charge in [-0.1, -0.05) is 114 Å². The second-order valence-corrected chi connectivity index (χ2v) is 9.21. The highest BCUT2D eigenvalue weighted by atomic mass is 14.2. The van der Waals surface area contributed by atoms with E-state index in [1.807, 2.05) is 0 Å². The fraction of sp³-hybridized carbons (Fsp3) is 0.308. The van der Waals surface area contributed by atoms with Crippen LogP contribution in [0.25, 0.3) is 22.3 Å². The molecule has 0 nitrogen and oxygen atoms in total. The quantitative estimate of drug-likeness (QED) is 0.449. The van der Waals surface area contributed by atoms with Gasteiger partial charge in [0.15, 0.2) is 0 Å². The van der Waals surface area contributed by atoms with Crippen molar-refractivity contribution in [2.24, 2.45) is 0 Å². The molecule has 0 aliphatic heterocycles. The normalized spacial score (nSPS) is 12.2. The standard InChI is InChI=1S/C26H30/c1-25(2,3)21-13-9-11-19(17-21)23-15-7-8-16-24(23)20-12-10-14-22(18-20)26(4,5)6/h7-18H,1-6H3. The van der Waals surface area contributed by atoms with Gasteiger partial charge in [0.25, 0.3) is 0 Å². The molecule has 0 aliphatic carbocycles. The first-order valence-corrected chi connectivity index (χ1v) is 9.47. The molecule has 3 aromatic carbocycles. The van der Waals surface area contributed by atoms with Gasteiger partial charge in [0.05, 0.1) is 0 Å². The molecule has 3 aromatic rings. The van der Waals surface area contributed by atoms with Crippen LogP contribution in [-0.4, -0.2) is 0 Å². The van der Waals surface area contributed by atoms with Crippen LogP contribution in [0.4, 0.5) is 0 Å². The molecule has 0 unspecified atom stereocenters. The lowest BCUT2D eigenvalue weighted by molar-refractivity contribution is 0.590. The van der Waals surface area contributed by atoms with Crippen molar-refractivity contribution in [3.8, 4) is 22.3 Å². The van der Waals surface area contributed by atoms with E-state index in [1.165, 1.54) is 33.4 Å². The van der Waals surface area contributed by atoms with Crippen molar-refractivity contribution in [1.29, 1.82) is 0 Å². The van der Waals surface area contributed by atoms with Crippen molar-refractivity contribution in [3.63, 3.8) is 0 Å². The highest BCUT2D eigenvalue weighted by Crippen LogP contribution is 2.35. The third-order valence-electron chi connectivity index (χ3n) is 5.01. The van der Waals surface area contributed by atoms with Gasteiger partial charge in [0, 0.05) is 0 Å². The van der Waals surface area contributed by atoms with Crippen LogP contribution >= 0.6 is 0 Å². The Bertz CT molecular complexity index is 825. The Morgan fingerprint density at radius 1 is 0.462 bits per heavy atom. The zero-order valence-electron chi connectivity index (χ0n) is 16.9. The first-order valence-electron chi connectivity index (χ1n) is 9.47. The van der Waals surface area contributed by atoms with Crippen LogP contribution in [0, 0.1) is 0 Å². The molecule has 0 saturated carbocycles. The monoisotopic (exact) mass is 342 g/mol. The van der Waals surface area contributed by atoms with Gasteiger partial charge in [-0.05, 0) is 44.2 Å². The molecule has 134 valence electrons. The average Bonchev–Trinajstić information content (AvgIpc) is 2.60. The van der Waals surface area contributed by atoms with Crippen LogP contribution in [0.1, 0.15) is 52.7 Å². The maximum absolute atomic E-state index is 2.34. The topological polar surface area (TPSA) is 0 Å². The van der Waals surface area contributed by atoms with Crippen LogP contribution in [0.2, 0.25) is 0 Å². The summed E-state index contributed by atoms with van der Waals surface area (Å²) in [5.41, 5.74) is 8.20. The van der Waals surface area contributed by atoms with Crippen LogP contribution in [0.5, 0.6) is 0 Å². The summed E-state index contributed by atoms with van der Waals surface area (Å²) in [4.78, 5) is 0. The molecule has 0 aromatic heterocycles. The molecule has 0 saturated heterocycles. The van der Waals surface area contributed by atoms with Gasteiger partial charge in [-0.2, -0.15) is 0 Å². The van der Waals surface area contributed by atoms with E-state index in [1.54, 1.807) is 0 Å². The van der Waals surface area contributed by atoms with Gasteiger partial charge < -0.3 is 0 Å². The zero-order chi connectivity index (χ0) is 18.9. The largest absolute Gasteiger partial charge is 0.0616 e. The number of hydrogen-bond donors (Lipinski definition) is 0. The highest BCUT2D eigenvalue weighted by molar-refractivity contribution is 5.84. The molecule has 0 heterocycles. The van der Waals surface area contributed by atoms with E-state index in [4.69, 9.17) is 0 Å². The van der Waals surface area contributed by atoms with E-state index in [0.29, 0.717) is 0 Å². The zero-order valence-corrected chi connectivity index (χ0v) is 16.9. The van der Waals surface area contributed by atoms with Crippen LogP contribution in [0.15, 0.2) is 72.8 Å². The summed E-state index contributed by atoms with van der Waals surface area (Å²) in [6.45, 7) is 13.6. The molecular formula is C26H30. The Morgan fingerprint density at radius 2 is 0.846 bits per heavy atom. The van der Waals surface area contributed by atoms with Crippen molar-refractivity contribution in [2.75, 3.05) is 0 Å². The van der Waals surface area contributed by atoms with E-state index in [0.717, 1.165) is 0 Å². The van der Waals surface area contributed by atoms with Crippen molar-refractivity contribution < 1.29 is 0 Å². The molecule has 0 heteroatoms. The Labute approximate surface area is 158 Å². The lowest BCUT2D eigenvalue weighted by atomic mass is 9.83. The molecule has 0 N–H and O–H groups in total. The summed E-state index contributed by atoms with van der Waals surface area (Å²) < 4.78 is 0. The molecule has 0 spiro atoms. The Kier molecular flexibility index (Phi) is 4.80. The predicted molar refractivity (Wildman–Crippen MR) is 115 cm³/mol. The fourth-order valence-corrected chi connectivity index (χ4v) is 3.29. The van der Waals surface area contributed by atoms with Gasteiger partial charge in [0.2, 0.25) is 0 Å². The second kappa shape index (κ2) is 6.76. The number of benzene rings is 3. The Balaban J connectivity index is 2.14. The first kappa shape index (κ1) is 18.5. The molecule has 0 bridgehead atoms. The fourth-order valence-electron chi connectivity index (χ4n) is 3.29. The minimum atomic E-state index is 0.150. The van der Waals surface area contributed by atoms with Gasteiger partial charge >= 0.3 is 0 Å². The summed E-state index contributed by atoms with van der Waals surface area (Å²) in [5.74, 6) is 0. The third-order valence-corrected chi connectivity index (χ3v) is 5.01. The van der Waals surface area contributed by atoms with Crippen molar-refractivity contribution >= 4 is 0 Å². The maximum Gasteiger partial charge on any atom is -0.0105 e. The Hall–Kier alpha value is -2.34. The summed E-state index contributed by atoms with van der Waals surface area (Å²) in [7, 11) is 0. The summed E-state index contributed by atoms with van der Waals surface area (Å²) >= 11 is 0. The molecule has 0 aliphatic rings. The summed E-state index contributed by atoms with van der Waals surface area (Å²) in [6.07, 6.45) is 0. The lowest BCUT2D eigenvalue weighted by Gasteiger charge is -2.22. The molecule has 0 amide bonds. The van der Waals surface area contributed by atoms with E-state index < -0.39 is 0 Å². The smallest absolute Gasteiger partial charge is 0.0105 e. The van der Waals surface area contributed by atoms with Crippen LogP contribution in [0.3, 0.4) is 0 Å². The molecular weight excluding hydrogens is 312 g/mol. The van der Waals surface area contributed by atoms with Gasteiger partial charge in [-0.15, -0.1) is 0 Å². The minimum absolute atomic E-state index is 0.150. The Morgan fingerprint density at radius 3 is 1.19 bits per heavy atom. The van der Waals surface area contributed by atoms with Gasteiger partial charge in [-0.25, -0.2) is 0 Å². The molecule has 0 atom stereocenters. The SMILES string of the molecule is CC(C)(C)c1cccc(-c2ccccc2-c2cccc(C(C)(C)C)c2)c1. The van der Waals surface area contributed by atoms with Crippen molar-refractivity contribution in [3.05, 3.63) is 83.9 Å². The molecule has 3 rings (SSSR count). The van der Waals surface area contributed by atoms with E-state index >= 15 is 0 Å². The average molecular weight is 343 g/mol. The van der Waals surface area contributed by atoms with E-state index in [2.05, 4.69) is 114 Å². The van der Waals surface area contributed by atoms with Crippen LogP contribution < -0.4 is 0 Å². The van der Waals surface area contributed by atoms with E-state index in [-0.39, 0.29) is 10.8 Å². The summed E-state index contributed by atoms with van der Waals surface area (Å²) in [5, 5.41) is 0.